The Morgan fingerprint density at radius 1 is 1.50 bits per heavy atom. The van der Waals surface area contributed by atoms with Crippen LogP contribution in [0.15, 0.2) is 17.2 Å². The smallest absolute Gasteiger partial charge is 0.238 e. The Morgan fingerprint density at radius 2 is 2.28 bits per heavy atom. The maximum absolute atomic E-state index is 5.85. The average molecular weight is 268 g/mol. The van der Waals surface area contributed by atoms with Crippen molar-refractivity contribution in [1.29, 1.82) is 0 Å². The van der Waals surface area contributed by atoms with E-state index in [4.69, 9.17) is 15.2 Å². The lowest BCUT2D eigenvalue weighted by molar-refractivity contribution is 0.127. The molecule has 5 heteroatoms. The molecular formula is C13H20N2O2S. The first-order chi connectivity index (χ1) is 8.56. The zero-order valence-electron chi connectivity index (χ0n) is 11.1. The number of nitrogens with zero attached hydrogens (tertiary/aromatic N) is 1. The molecule has 1 aromatic heterocycles. The van der Waals surface area contributed by atoms with Gasteiger partial charge in [-0.3, -0.25) is 0 Å². The monoisotopic (exact) mass is 268 g/mol. The van der Waals surface area contributed by atoms with E-state index in [1.807, 2.05) is 26.0 Å². The highest BCUT2D eigenvalue weighted by Crippen LogP contribution is 2.33. The predicted molar refractivity (Wildman–Crippen MR) is 74.1 cm³/mol. The van der Waals surface area contributed by atoms with Crippen molar-refractivity contribution in [1.82, 2.24) is 4.98 Å². The Bertz CT molecular complexity index is 412. The van der Waals surface area contributed by atoms with Crippen molar-refractivity contribution >= 4 is 17.4 Å². The van der Waals surface area contributed by atoms with E-state index >= 15 is 0 Å². The van der Waals surface area contributed by atoms with E-state index in [0.717, 1.165) is 18.1 Å². The second-order valence-corrected chi connectivity index (χ2v) is 5.99. The van der Waals surface area contributed by atoms with Gasteiger partial charge in [0.1, 0.15) is 5.03 Å². The number of pyridine rings is 1. The van der Waals surface area contributed by atoms with Crippen LogP contribution in [0.5, 0.6) is 5.88 Å². The molecule has 1 aliphatic rings. The number of hydrogen-bond acceptors (Lipinski definition) is 5. The first-order valence-electron chi connectivity index (χ1n) is 6.27. The molecule has 0 spiro atoms. The summed E-state index contributed by atoms with van der Waals surface area (Å²) in [5, 5.41) is 1.41. The molecule has 4 nitrogen and oxygen atoms in total. The Balaban J connectivity index is 2.09. The summed E-state index contributed by atoms with van der Waals surface area (Å²) in [6, 6.07) is 3.80. The highest BCUT2D eigenvalue weighted by atomic mass is 32.2. The van der Waals surface area contributed by atoms with Crippen LogP contribution in [-0.2, 0) is 4.74 Å². The maximum Gasteiger partial charge on any atom is 0.238 e. The summed E-state index contributed by atoms with van der Waals surface area (Å²) < 4.78 is 11.1. The number of nitrogen functional groups attached to an aromatic ring is 1. The summed E-state index contributed by atoms with van der Waals surface area (Å²) in [7, 11) is 0. The lowest BCUT2D eigenvalue weighted by Crippen LogP contribution is -2.14. The van der Waals surface area contributed by atoms with Crippen LogP contribution in [-0.4, -0.2) is 29.0 Å². The van der Waals surface area contributed by atoms with Gasteiger partial charge in [-0.15, -0.1) is 11.8 Å². The van der Waals surface area contributed by atoms with Gasteiger partial charge in [0.15, 0.2) is 0 Å². The molecule has 0 amide bonds. The van der Waals surface area contributed by atoms with Gasteiger partial charge in [-0.05, 0) is 39.3 Å². The lowest BCUT2D eigenvalue weighted by Gasteiger charge is -2.15. The van der Waals surface area contributed by atoms with Gasteiger partial charge < -0.3 is 15.2 Å². The van der Waals surface area contributed by atoms with Gasteiger partial charge in [-0.2, -0.15) is 0 Å². The van der Waals surface area contributed by atoms with Crippen LogP contribution in [0.1, 0.15) is 27.2 Å². The van der Waals surface area contributed by atoms with Crippen LogP contribution in [0.25, 0.3) is 0 Å². The van der Waals surface area contributed by atoms with Gasteiger partial charge in [0.25, 0.3) is 0 Å². The fraction of sp³-hybridized carbons (Fsp3) is 0.615. The van der Waals surface area contributed by atoms with Crippen LogP contribution in [0.3, 0.4) is 0 Å². The van der Waals surface area contributed by atoms with Gasteiger partial charge in [0.05, 0.1) is 17.9 Å². The van der Waals surface area contributed by atoms with Crippen LogP contribution in [0.4, 0.5) is 5.69 Å². The Kier molecular flexibility index (Phi) is 4.35. The largest absolute Gasteiger partial charge is 0.473 e. The molecule has 100 valence electrons. The van der Waals surface area contributed by atoms with Crippen molar-refractivity contribution in [2.45, 2.75) is 49.7 Å². The van der Waals surface area contributed by atoms with Crippen LogP contribution in [0, 0.1) is 0 Å². The number of rotatable bonds is 4. The molecule has 2 rings (SSSR count). The number of nitrogens with two attached hydrogens (primary N) is 1. The molecule has 0 aliphatic carbocycles. The van der Waals surface area contributed by atoms with E-state index in [9.17, 15) is 0 Å². The van der Waals surface area contributed by atoms with Crippen molar-refractivity contribution in [2.75, 3.05) is 12.3 Å². The van der Waals surface area contributed by atoms with Gasteiger partial charge in [0, 0.05) is 11.9 Å². The minimum absolute atomic E-state index is 0.0776. The summed E-state index contributed by atoms with van der Waals surface area (Å²) in [5.74, 6) is 0.529. The van der Waals surface area contributed by atoms with E-state index in [0.29, 0.717) is 16.8 Å². The molecule has 0 saturated carbocycles. The number of thioether (sulfide) groups is 1. The summed E-state index contributed by atoms with van der Waals surface area (Å²) in [6.07, 6.45) is 1.43. The van der Waals surface area contributed by atoms with Crippen LogP contribution >= 0.6 is 11.8 Å². The van der Waals surface area contributed by atoms with E-state index in [2.05, 4.69) is 11.9 Å². The molecular weight excluding hydrogens is 248 g/mol. The van der Waals surface area contributed by atoms with E-state index in [1.54, 1.807) is 11.8 Å². The van der Waals surface area contributed by atoms with Gasteiger partial charge >= 0.3 is 0 Å². The molecule has 0 bridgehead atoms. The second kappa shape index (κ2) is 5.80. The molecule has 2 heterocycles. The minimum atomic E-state index is 0.0776. The number of anilines is 1. The normalized spacial score (nSPS) is 23.6. The molecule has 1 aliphatic heterocycles. The summed E-state index contributed by atoms with van der Waals surface area (Å²) in [4.78, 5) is 4.47. The molecule has 2 unspecified atom stereocenters. The molecule has 0 radical (unpaired) electrons. The van der Waals surface area contributed by atoms with E-state index in [1.165, 1.54) is 0 Å². The Morgan fingerprint density at radius 3 is 2.89 bits per heavy atom. The van der Waals surface area contributed by atoms with Gasteiger partial charge in [0.2, 0.25) is 5.88 Å². The Hall–Kier alpha value is -0.940. The third-order valence-electron chi connectivity index (χ3n) is 2.79. The third kappa shape index (κ3) is 3.29. The minimum Gasteiger partial charge on any atom is -0.473 e. The van der Waals surface area contributed by atoms with Gasteiger partial charge in [-0.25, -0.2) is 4.98 Å². The number of ether oxygens (including phenoxy) is 2. The zero-order chi connectivity index (χ0) is 13.1. The Labute approximate surface area is 112 Å². The standard InChI is InChI=1S/C13H20N2O2S/c1-8(2)17-13-10(14)4-5-12(15-13)18-11-6-7-16-9(11)3/h4-5,8-9,11H,6-7,14H2,1-3H3. The maximum atomic E-state index is 5.85. The van der Waals surface area contributed by atoms with E-state index in [-0.39, 0.29) is 12.2 Å². The van der Waals surface area contributed by atoms with Crippen molar-refractivity contribution < 1.29 is 9.47 Å². The van der Waals surface area contributed by atoms with Gasteiger partial charge in [-0.1, -0.05) is 0 Å². The third-order valence-corrected chi connectivity index (χ3v) is 4.18. The molecule has 2 N–H and O–H groups in total. The van der Waals surface area contributed by atoms with Crippen LogP contribution in [0.2, 0.25) is 0 Å². The molecule has 1 fully saturated rings. The van der Waals surface area contributed by atoms with Crippen molar-refractivity contribution in [3.63, 3.8) is 0 Å². The molecule has 1 aromatic rings. The average Bonchev–Trinajstić information content (AvgIpc) is 2.69. The molecule has 18 heavy (non-hydrogen) atoms. The van der Waals surface area contributed by atoms with Crippen molar-refractivity contribution in [3.05, 3.63) is 12.1 Å². The quantitative estimate of drug-likeness (QED) is 0.910. The summed E-state index contributed by atoms with van der Waals surface area (Å²) in [5.41, 5.74) is 6.44. The predicted octanol–water partition coefficient (Wildman–Crippen LogP) is 2.72. The lowest BCUT2D eigenvalue weighted by atomic mass is 10.3. The molecule has 1 saturated heterocycles. The highest BCUT2D eigenvalue weighted by molar-refractivity contribution is 7.99. The fourth-order valence-corrected chi connectivity index (χ4v) is 2.92. The summed E-state index contributed by atoms with van der Waals surface area (Å²) in [6.45, 7) is 6.87. The topological polar surface area (TPSA) is 57.4 Å². The first-order valence-corrected chi connectivity index (χ1v) is 7.15. The van der Waals surface area contributed by atoms with Crippen molar-refractivity contribution in [3.8, 4) is 5.88 Å². The molecule has 0 aromatic carbocycles. The first kappa shape index (κ1) is 13.5. The number of hydrogen-bond donors (Lipinski definition) is 1. The molecule has 2 atom stereocenters. The second-order valence-electron chi connectivity index (χ2n) is 4.73. The van der Waals surface area contributed by atoms with E-state index < -0.39 is 0 Å². The zero-order valence-corrected chi connectivity index (χ0v) is 11.9. The highest BCUT2D eigenvalue weighted by Gasteiger charge is 2.25. The SMILES string of the molecule is CC(C)Oc1nc(SC2CCOC2C)ccc1N. The number of aromatic nitrogens is 1. The van der Waals surface area contributed by atoms with Crippen LogP contribution < -0.4 is 10.5 Å². The summed E-state index contributed by atoms with van der Waals surface area (Å²) >= 11 is 1.74. The van der Waals surface area contributed by atoms with Crippen molar-refractivity contribution in [2.24, 2.45) is 0 Å². The fourth-order valence-electron chi connectivity index (χ4n) is 1.84.